The van der Waals surface area contributed by atoms with Gasteiger partial charge >= 0.3 is 5.97 Å². The second kappa shape index (κ2) is 8.14. The maximum Gasteiger partial charge on any atom is 0.307 e. The van der Waals surface area contributed by atoms with Crippen LogP contribution in [0.2, 0.25) is 0 Å². The molecule has 7 nitrogen and oxygen atoms in total. The highest BCUT2D eigenvalue weighted by Crippen LogP contribution is 2.27. The van der Waals surface area contributed by atoms with E-state index in [-0.39, 0.29) is 11.8 Å². The van der Waals surface area contributed by atoms with Gasteiger partial charge in [-0.1, -0.05) is 12.2 Å². The Kier molecular flexibility index (Phi) is 5.68. The number of carboxylic acids is 1. The molecular weight excluding hydrogens is 336 g/mol. The minimum absolute atomic E-state index is 0.0606. The summed E-state index contributed by atoms with van der Waals surface area (Å²) in [5.41, 5.74) is 1.10. The monoisotopic (exact) mass is 358 g/mol. The fourth-order valence-electron chi connectivity index (χ4n) is 3.26. The van der Waals surface area contributed by atoms with Crippen molar-refractivity contribution in [3.05, 3.63) is 42.0 Å². The van der Waals surface area contributed by atoms with Crippen LogP contribution in [-0.4, -0.2) is 54.1 Å². The van der Waals surface area contributed by atoms with Crippen molar-refractivity contribution < 1.29 is 24.2 Å². The van der Waals surface area contributed by atoms with Crippen LogP contribution in [0.3, 0.4) is 0 Å². The third-order valence-corrected chi connectivity index (χ3v) is 4.78. The molecule has 0 unspecified atom stereocenters. The Labute approximate surface area is 151 Å². The number of carbonyl (C=O) groups excluding carboxylic acids is 2. The summed E-state index contributed by atoms with van der Waals surface area (Å²) in [7, 11) is 0. The molecule has 0 spiro atoms. The Morgan fingerprint density at radius 1 is 1.00 bits per heavy atom. The van der Waals surface area contributed by atoms with Gasteiger partial charge in [0.1, 0.15) is 0 Å². The Bertz CT molecular complexity index is 707. The second-order valence-corrected chi connectivity index (χ2v) is 6.47. The van der Waals surface area contributed by atoms with Crippen molar-refractivity contribution in [1.29, 1.82) is 0 Å². The van der Waals surface area contributed by atoms with E-state index in [4.69, 9.17) is 4.74 Å². The molecule has 2 amide bonds. The summed E-state index contributed by atoms with van der Waals surface area (Å²) < 4.78 is 5.24. The van der Waals surface area contributed by atoms with E-state index in [1.165, 1.54) is 0 Å². The van der Waals surface area contributed by atoms with E-state index < -0.39 is 17.8 Å². The number of hydrogen-bond acceptors (Lipinski definition) is 4. The van der Waals surface area contributed by atoms with Gasteiger partial charge in [0.15, 0.2) is 0 Å². The van der Waals surface area contributed by atoms with Crippen LogP contribution in [0.1, 0.15) is 23.2 Å². The number of nitrogens with one attached hydrogen (secondary N) is 1. The Balaban J connectivity index is 1.63. The SMILES string of the molecule is O=C(O)[C@H]1CC=CC[C@@H]1C(=O)Nc1ccc(C(=O)N2CCOCC2)cc1. The van der Waals surface area contributed by atoms with Crippen LogP contribution >= 0.6 is 0 Å². The van der Waals surface area contributed by atoms with E-state index >= 15 is 0 Å². The molecule has 1 aliphatic carbocycles. The van der Waals surface area contributed by atoms with E-state index in [1.54, 1.807) is 35.2 Å². The molecule has 1 aromatic carbocycles. The van der Waals surface area contributed by atoms with Gasteiger partial charge in [0.2, 0.25) is 5.91 Å². The smallest absolute Gasteiger partial charge is 0.307 e. The molecule has 0 aromatic heterocycles. The van der Waals surface area contributed by atoms with Crippen LogP contribution in [0.25, 0.3) is 0 Å². The lowest BCUT2D eigenvalue weighted by molar-refractivity contribution is -0.146. The van der Waals surface area contributed by atoms with Gasteiger partial charge in [-0.05, 0) is 37.1 Å². The average Bonchev–Trinajstić information content (AvgIpc) is 2.68. The van der Waals surface area contributed by atoms with Crippen LogP contribution in [0.15, 0.2) is 36.4 Å². The van der Waals surface area contributed by atoms with E-state index in [0.29, 0.717) is 50.4 Å². The molecule has 1 fully saturated rings. The summed E-state index contributed by atoms with van der Waals surface area (Å²) in [5.74, 6) is -2.63. The Morgan fingerprint density at radius 2 is 1.62 bits per heavy atom. The number of morpholine rings is 1. The summed E-state index contributed by atoms with van der Waals surface area (Å²) in [6.07, 6.45) is 4.42. The van der Waals surface area contributed by atoms with E-state index in [1.807, 2.05) is 6.08 Å². The first-order valence-electron chi connectivity index (χ1n) is 8.72. The van der Waals surface area contributed by atoms with Crippen LogP contribution in [0, 0.1) is 11.8 Å². The zero-order chi connectivity index (χ0) is 18.5. The predicted octanol–water partition coefficient (Wildman–Crippen LogP) is 1.76. The first kappa shape index (κ1) is 18.1. The fourth-order valence-corrected chi connectivity index (χ4v) is 3.26. The minimum atomic E-state index is -0.957. The number of amides is 2. The van der Waals surface area contributed by atoms with Gasteiger partial charge in [0, 0.05) is 24.3 Å². The number of carbonyl (C=O) groups is 3. The van der Waals surface area contributed by atoms with Crippen molar-refractivity contribution in [1.82, 2.24) is 4.90 Å². The number of benzene rings is 1. The van der Waals surface area contributed by atoms with Gasteiger partial charge in [0.25, 0.3) is 5.91 Å². The van der Waals surface area contributed by atoms with Crippen LogP contribution in [0.5, 0.6) is 0 Å². The maximum absolute atomic E-state index is 12.5. The highest BCUT2D eigenvalue weighted by molar-refractivity contribution is 5.97. The molecule has 3 rings (SSSR count). The van der Waals surface area contributed by atoms with Gasteiger partial charge in [-0.25, -0.2) is 0 Å². The van der Waals surface area contributed by atoms with Crippen molar-refractivity contribution in [2.45, 2.75) is 12.8 Å². The lowest BCUT2D eigenvalue weighted by atomic mass is 9.82. The molecule has 2 N–H and O–H groups in total. The van der Waals surface area contributed by atoms with Crippen molar-refractivity contribution in [3.8, 4) is 0 Å². The molecular formula is C19H22N2O5. The molecule has 1 aliphatic heterocycles. The number of ether oxygens (including phenoxy) is 1. The number of aliphatic carboxylic acids is 1. The zero-order valence-electron chi connectivity index (χ0n) is 14.4. The minimum Gasteiger partial charge on any atom is -0.481 e. The van der Waals surface area contributed by atoms with E-state index in [2.05, 4.69) is 5.32 Å². The molecule has 1 saturated heterocycles. The number of hydrogen-bond donors (Lipinski definition) is 2. The third kappa shape index (κ3) is 4.11. The standard InChI is InChI=1S/C19H22N2O5/c22-17(15-3-1-2-4-16(15)19(24)25)20-14-7-5-13(6-8-14)18(23)21-9-11-26-12-10-21/h1-2,5-8,15-16H,3-4,9-12H2,(H,20,22)(H,24,25)/t15-,16-/m0/s1. The summed E-state index contributed by atoms with van der Waals surface area (Å²) in [5, 5.41) is 12.0. The Hall–Kier alpha value is -2.67. The van der Waals surface area contributed by atoms with E-state index in [0.717, 1.165) is 0 Å². The topological polar surface area (TPSA) is 95.9 Å². The maximum atomic E-state index is 12.5. The zero-order valence-corrected chi connectivity index (χ0v) is 14.4. The number of nitrogens with zero attached hydrogens (tertiary/aromatic N) is 1. The quantitative estimate of drug-likeness (QED) is 0.800. The number of allylic oxidation sites excluding steroid dienone is 2. The van der Waals surface area contributed by atoms with Crippen LogP contribution in [0.4, 0.5) is 5.69 Å². The van der Waals surface area contributed by atoms with Crippen molar-refractivity contribution in [2.24, 2.45) is 11.8 Å². The van der Waals surface area contributed by atoms with Gasteiger partial charge in [-0.15, -0.1) is 0 Å². The number of anilines is 1. The van der Waals surface area contributed by atoms with Crippen molar-refractivity contribution >= 4 is 23.5 Å². The largest absolute Gasteiger partial charge is 0.481 e. The molecule has 0 radical (unpaired) electrons. The third-order valence-electron chi connectivity index (χ3n) is 4.78. The summed E-state index contributed by atoms with van der Waals surface area (Å²) in [6, 6.07) is 6.67. The Morgan fingerprint density at radius 3 is 2.23 bits per heavy atom. The summed E-state index contributed by atoms with van der Waals surface area (Å²) in [6.45, 7) is 2.23. The van der Waals surface area contributed by atoms with Gasteiger partial charge in [-0.3, -0.25) is 14.4 Å². The van der Waals surface area contributed by atoms with E-state index in [9.17, 15) is 19.5 Å². The fraction of sp³-hybridized carbons (Fsp3) is 0.421. The normalized spacial score (nSPS) is 22.7. The molecule has 1 heterocycles. The first-order valence-corrected chi connectivity index (χ1v) is 8.72. The highest BCUT2D eigenvalue weighted by atomic mass is 16.5. The molecule has 0 saturated carbocycles. The second-order valence-electron chi connectivity index (χ2n) is 6.47. The lowest BCUT2D eigenvalue weighted by Crippen LogP contribution is -2.40. The average molecular weight is 358 g/mol. The molecule has 2 aliphatic rings. The van der Waals surface area contributed by atoms with Crippen LogP contribution < -0.4 is 5.32 Å². The lowest BCUT2D eigenvalue weighted by Gasteiger charge is -2.27. The molecule has 26 heavy (non-hydrogen) atoms. The van der Waals surface area contributed by atoms with Crippen molar-refractivity contribution in [2.75, 3.05) is 31.6 Å². The van der Waals surface area contributed by atoms with Gasteiger partial charge in [-0.2, -0.15) is 0 Å². The number of carboxylic acid groups (broad SMARTS) is 1. The van der Waals surface area contributed by atoms with Gasteiger partial charge < -0.3 is 20.1 Å². The predicted molar refractivity (Wildman–Crippen MR) is 94.8 cm³/mol. The molecule has 0 bridgehead atoms. The molecule has 1 aromatic rings. The summed E-state index contributed by atoms with van der Waals surface area (Å²) in [4.78, 5) is 37.9. The van der Waals surface area contributed by atoms with Gasteiger partial charge in [0.05, 0.1) is 25.0 Å². The molecule has 7 heteroatoms. The first-order chi connectivity index (χ1) is 12.6. The molecule has 2 atom stereocenters. The van der Waals surface area contributed by atoms with Crippen molar-refractivity contribution in [3.63, 3.8) is 0 Å². The van der Waals surface area contributed by atoms with Crippen LogP contribution in [-0.2, 0) is 14.3 Å². The summed E-state index contributed by atoms with van der Waals surface area (Å²) >= 11 is 0. The number of rotatable bonds is 4. The molecule has 138 valence electrons. The highest BCUT2D eigenvalue weighted by Gasteiger charge is 2.34.